The molecule has 116 valence electrons. The molecule has 0 saturated heterocycles. The second-order valence-corrected chi connectivity index (χ2v) is 6.40. The Bertz CT molecular complexity index is 597. The third-order valence-electron chi connectivity index (χ3n) is 2.88. The highest BCUT2D eigenvalue weighted by molar-refractivity contribution is 7.89. The van der Waals surface area contributed by atoms with Crippen LogP contribution in [0.1, 0.15) is 13.3 Å². The minimum Gasteiger partial charge on any atom is -0.488 e. The Labute approximate surface area is 122 Å². The maximum Gasteiger partial charge on any atom is 0.272 e. The van der Waals surface area contributed by atoms with Gasteiger partial charge in [0.25, 0.3) is 6.43 Å². The molecule has 1 atom stereocenters. The van der Waals surface area contributed by atoms with Gasteiger partial charge < -0.3 is 4.74 Å². The third-order valence-corrected chi connectivity index (χ3v) is 4.87. The number of nitriles is 1. The van der Waals surface area contributed by atoms with Crippen LogP contribution in [0, 0.1) is 11.3 Å². The average Bonchev–Trinajstić information content (AvgIpc) is 2.45. The fraction of sp³-hybridized carbons (Fsp3) is 0.462. The Balaban J connectivity index is 2.87. The summed E-state index contributed by atoms with van der Waals surface area (Å²) in [5.74, 6) is 0.168. The first-order chi connectivity index (χ1) is 9.78. The first-order valence-electron chi connectivity index (χ1n) is 6.15. The Morgan fingerprint density at radius 1 is 1.33 bits per heavy atom. The average molecular weight is 318 g/mol. The van der Waals surface area contributed by atoms with E-state index in [2.05, 4.69) is 0 Å². The standard InChI is InChI=1S/C13H16F2N2O3S/c1-10(7-8-16)17(2)21(18,19)12-5-3-11(4-6-12)20-9-13(14)15/h3-6,10,13H,7,9H2,1-2H3/t10-/m1/s1. The van der Waals surface area contributed by atoms with E-state index in [1.54, 1.807) is 6.92 Å². The molecule has 21 heavy (non-hydrogen) atoms. The molecule has 1 rings (SSSR count). The summed E-state index contributed by atoms with van der Waals surface area (Å²) in [5, 5.41) is 8.61. The molecule has 1 aromatic carbocycles. The molecule has 0 bridgehead atoms. The highest BCUT2D eigenvalue weighted by atomic mass is 32.2. The summed E-state index contributed by atoms with van der Waals surface area (Å²) < 4.78 is 54.5. The lowest BCUT2D eigenvalue weighted by molar-refractivity contribution is 0.0819. The van der Waals surface area contributed by atoms with Gasteiger partial charge in [0.05, 0.1) is 17.4 Å². The number of sulfonamides is 1. The molecule has 0 aliphatic carbocycles. The molecule has 0 aliphatic heterocycles. The van der Waals surface area contributed by atoms with E-state index in [1.807, 2.05) is 6.07 Å². The van der Waals surface area contributed by atoms with Crippen molar-refractivity contribution in [3.05, 3.63) is 24.3 Å². The van der Waals surface area contributed by atoms with Crippen LogP contribution in [0.2, 0.25) is 0 Å². The molecule has 0 fully saturated rings. The fourth-order valence-corrected chi connectivity index (χ4v) is 2.89. The van der Waals surface area contributed by atoms with Crippen LogP contribution in [0.15, 0.2) is 29.2 Å². The molecule has 1 aromatic rings. The van der Waals surface area contributed by atoms with Gasteiger partial charge in [0.15, 0.2) is 0 Å². The second kappa shape index (κ2) is 7.33. The zero-order valence-corrected chi connectivity index (χ0v) is 12.5. The van der Waals surface area contributed by atoms with Crippen LogP contribution < -0.4 is 4.74 Å². The van der Waals surface area contributed by atoms with Crippen molar-refractivity contribution < 1.29 is 21.9 Å². The van der Waals surface area contributed by atoms with Gasteiger partial charge in [0, 0.05) is 13.1 Å². The summed E-state index contributed by atoms with van der Waals surface area (Å²) in [5.41, 5.74) is 0. The predicted molar refractivity (Wildman–Crippen MR) is 72.6 cm³/mol. The van der Waals surface area contributed by atoms with Crippen LogP contribution in [-0.2, 0) is 10.0 Å². The van der Waals surface area contributed by atoms with E-state index in [1.165, 1.54) is 31.3 Å². The number of alkyl halides is 2. The topological polar surface area (TPSA) is 70.4 Å². The number of benzene rings is 1. The van der Waals surface area contributed by atoms with Crippen LogP contribution in [0.25, 0.3) is 0 Å². The summed E-state index contributed by atoms with van der Waals surface area (Å²) in [6.45, 7) is 0.881. The molecule has 0 N–H and O–H groups in total. The molecule has 0 heterocycles. The molecule has 0 unspecified atom stereocenters. The molecular formula is C13H16F2N2O3S. The molecule has 0 aliphatic rings. The van der Waals surface area contributed by atoms with E-state index < -0.39 is 29.1 Å². The molecule has 0 radical (unpaired) electrons. The van der Waals surface area contributed by atoms with Gasteiger partial charge >= 0.3 is 0 Å². The first kappa shape index (κ1) is 17.3. The molecule has 8 heteroatoms. The van der Waals surface area contributed by atoms with Gasteiger partial charge in [-0.15, -0.1) is 0 Å². The maximum atomic E-state index is 12.3. The minimum atomic E-state index is -3.73. The Kier molecular flexibility index (Phi) is 6.05. The quantitative estimate of drug-likeness (QED) is 0.773. The van der Waals surface area contributed by atoms with Crippen molar-refractivity contribution in [3.8, 4) is 11.8 Å². The van der Waals surface area contributed by atoms with Gasteiger partial charge in [0.1, 0.15) is 12.4 Å². The van der Waals surface area contributed by atoms with Gasteiger partial charge in [0.2, 0.25) is 10.0 Å². The third kappa shape index (κ3) is 4.65. The summed E-state index contributed by atoms with van der Waals surface area (Å²) >= 11 is 0. The Morgan fingerprint density at radius 3 is 2.38 bits per heavy atom. The molecule has 0 spiro atoms. The lowest BCUT2D eigenvalue weighted by Crippen LogP contribution is -2.34. The fourth-order valence-electron chi connectivity index (χ4n) is 1.53. The van der Waals surface area contributed by atoms with Crippen molar-refractivity contribution in [1.29, 1.82) is 5.26 Å². The van der Waals surface area contributed by atoms with Crippen molar-refractivity contribution in [1.82, 2.24) is 4.31 Å². The molecule has 0 saturated carbocycles. The van der Waals surface area contributed by atoms with Crippen LogP contribution >= 0.6 is 0 Å². The van der Waals surface area contributed by atoms with Crippen LogP contribution in [0.3, 0.4) is 0 Å². The van der Waals surface area contributed by atoms with E-state index in [0.717, 1.165) is 4.31 Å². The Hall–Kier alpha value is -1.72. The van der Waals surface area contributed by atoms with Crippen LogP contribution in [0.5, 0.6) is 5.75 Å². The lowest BCUT2D eigenvalue weighted by Gasteiger charge is -2.22. The summed E-state index contributed by atoms with van der Waals surface area (Å²) in [6.07, 6.45) is -2.52. The zero-order valence-electron chi connectivity index (χ0n) is 11.7. The number of ether oxygens (including phenoxy) is 1. The van der Waals surface area contributed by atoms with Crippen LogP contribution in [0.4, 0.5) is 8.78 Å². The number of rotatable bonds is 7. The summed E-state index contributed by atoms with van der Waals surface area (Å²) in [7, 11) is -2.34. The van der Waals surface area contributed by atoms with Gasteiger partial charge in [-0.25, -0.2) is 17.2 Å². The van der Waals surface area contributed by atoms with Crippen molar-refractivity contribution >= 4 is 10.0 Å². The van der Waals surface area contributed by atoms with Gasteiger partial charge in [-0.05, 0) is 31.2 Å². The highest BCUT2D eigenvalue weighted by Crippen LogP contribution is 2.21. The largest absolute Gasteiger partial charge is 0.488 e. The number of halogens is 2. The number of hydrogen-bond acceptors (Lipinski definition) is 4. The summed E-state index contributed by atoms with van der Waals surface area (Å²) in [4.78, 5) is 0.0131. The van der Waals surface area contributed by atoms with Crippen molar-refractivity contribution in [3.63, 3.8) is 0 Å². The zero-order chi connectivity index (χ0) is 16.0. The first-order valence-corrected chi connectivity index (χ1v) is 7.59. The SMILES string of the molecule is C[C@H](CC#N)N(C)S(=O)(=O)c1ccc(OCC(F)F)cc1. The predicted octanol–water partition coefficient (Wildman–Crippen LogP) is 2.25. The summed E-state index contributed by atoms with van der Waals surface area (Å²) in [6, 6.07) is 6.65. The maximum absolute atomic E-state index is 12.3. The van der Waals surface area contributed by atoms with Crippen LogP contribution in [-0.4, -0.2) is 38.8 Å². The van der Waals surface area contributed by atoms with Gasteiger partial charge in [-0.2, -0.15) is 9.57 Å². The number of hydrogen-bond donors (Lipinski definition) is 0. The number of nitrogens with zero attached hydrogens (tertiary/aromatic N) is 2. The van der Waals surface area contributed by atoms with Crippen molar-refractivity contribution in [2.75, 3.05) is 13.7 Å². The molecule has 0 aromatic heterocycles. The highest BCUT2D eigenvalue weighted by Gasteiger charge is 2.25. The van der Waals surface area contributed by atoms with E-state index in [-0.39, 0.29) is 17.1 Å². The van der Waals surface area contributed by atoms with E-state index >= 15 is 0 Å². The molecular weight excluding hydrogens is 302 g/mol. The molecule has 0 amide bonds. The minimum absolute atomic E-state index is 0.0131. The monoisotopic (exact) mass is 318 g/mol. The smallest absolute Gasteiger partial charge is 0.272 e. The van der Waals surface area contributed by atoms with E-state index in [4.69, 9.17) is 10.00 Å². The van der Waals surface area contributed by atoms with E-state index in [0.29, 0.717) is 0 Å². The van der Waals surface area contributed by atoms with Crippen molar-refractivity contribution in [2.24, 2.45) is 0 Å². The lowest BCUT2D eigenvalue weighted by atomic mass is 10.3. The Morgan fingerprint density at radius 2 is 1.90 bits per heavy atom. The van der Waals surface area contributed by atoms with Gasteiger partial charge in [-0.1, -0.05) is 0 Å². The molecule has 5 nitrogen and oxygen atoms in total. The van der Waals surface area contributed by atoms with Gasteiger partial charge in [-0.3, -0.25) is 0 Å². The second-order valence-electron chi connectivity index (χ2n) is 4.41. The van der Waals surface area contributed by atoms with Crippen molar-refractivity contribution in [2.45, 2.75) is 30.7 Å². The van der Waals surface area contributed by atoms with E-state index in [9.17, 15) is 17.2 Å². The normalized spacial score (nSPS) is 13.2.